The minimum atomic E-state index is -0.658. The van der Waals surface area contributed by atoms with E-state index in [2.05, 4.69) is 5.32 Å². The molecule has 0 radical (unpaired) electrons. The molecular formula is C16H21N3O6. The van der Waals surface area contributed by atoms with Crippen molar-refractivity contribution >= 4 is 17.5 Å². The topological polar surface area (TPSA) is 111 Å². The molecule has 9 nitrogen and oxygen atoms in total. The van der Waals surface area contributed by atoms with Crippen LogP contribution < -0.4 is 14.8 Å². The van der Waals surface area contributed by atoms with E-state index in [9.17, 15) is 19.7 Å². The van der Waals surface area contributed by atoms with Gasteiger partial charge < -0.3 is 19.7 Å². The zero-order valence-electron chi connectivity index (χ0n) is 14.6. The molecule has 1 heterocycles. The number of carbonyl (C=O) groups excluding carboxylic acids is 2. The first-order valence-electron chi connectivity index (χ1n) is 7.73. The maximum Gasteiger partial charge on any atom is 0.286 e. The van der Waals surface area contributed by atoms with Crippen molar-refractivity contribution in [3.63, 3.8) is 0 Å². The van der Waals surface area contributed by atoms with E-state index in [1.807, 2.05) is 20.8 Å². The SMILES string of the molecule is CN(CC(=O)NC(C)(C)C)C(=O)c1cc2c(cc1[N+](=O)[O-])OCCO2. The van der Waals surface area contributed by atoms with Crippen LogP contribution in [0.25, 0.3) is 0 Å². The second kappa shape index (κ2) is 6.96. The molecule has 0 spiro atoms. The van der Waals surface area contributed by atoms with E-state index in [1.165, 1.54) is 19.2 Å². The lowest BCUT2D eigenvalue weighted by atomic mass is 10.1. The number of nitro benzene ring substituents is 1. The summed E-state index contributed by atoms with van der Waals surface area (Å²) in [5.74, 6) is -0.508. The van der Waals surface area contributed by atoms with E-state index in [0.29, 0.717) is 6.61 Å². The van der Waals surface area contributed by atoms with Crippen LogP contribution in [0.5, 0.6) is 11.5 Å². The van der Waals surface area contributed by atoms with Gasteiger partial charge in [-0.25, -0.2) is 0 Å². The van der Waals surface area contributed by atoms with Gasteiger partial charge in [0.05, 0.1) is 17.5 Å². The number of hydrogen-bond acceptors (Lipinski definition) is 6. The fourth-order valence-corrected chi connectivity index (χ4v) is 2.35. The molecule has 1 aromatic carbocycles. The van der Waals surface area contributed by atoms with E-state index in [4.69, 9.17) is 9.47 Å². The number of carbonyl (C=O) groups is 2. The molecule has 1 aliphatic heterocycles. The van der Waals surface area contributed by atoms with Crippen LogP contribution in [0.1, 0.15) is 31.1 Å². The smallest absolute Gasteiger partial charge is 0.286 e. The first-order valence-corrected chi connectivity index (χ1v) is 7.73. The standard InChI is InChI=1S/C16H21N3O6/c1-16(2,3)17-14(20)9-18(4)15(21)10-7-12-13(25-6-5-24-12)8-11(10)19(22)23/h7-8H,5-6,9H2,1-4H3,(H,17,20). The van der Waals surface area contributed by atoms with Gasteiger partial charge in [0.2, 0.25) is 5.91 Å². The van der Waals surface area contributed by atoms with Gasteiger partial charge in [-0.1, -0.05) is 0 Å². The Morgan fingerprint density at radius 1 is 1.24 bits per heavy atom. The molecule has 2 rings (SSSR count). The summed E-state index contributed by atoms with van der Waals surface area (Å²) in [5.41, 5.74) is -0.984. The molecule has 0 atom stereocenters. The number of benzene rings is 1. The number of fused-ring (bicyclic) bond motifs is 1. The van der Waals surface area contributed by atoms with Gasteiger partial charge in [0.1, 0.15) is 18.8 Å². The average molecular weight is 351 g/mol. The number of likely N-dealkylation sites (N-methyl/N-ethyl adjacent to an activating group) is 1. The zero-order chi connectivity index (χ0) is 18.8. The third-order valence-electron chi connectivity index (χ3n) is 3.33. The van der Waals surface area contributed by atoms with Crippen LogP contribution in [0.2, 0.25) is 0 Å². The van der Waals surface area contributed by atoms with Gasteiger partial charge in [-0.05, 0) is 20.8 Å². The molecule has 0 aromatic heterocycles. The second-order valence-corrected chi connectivity index (χ2v) is 6.73. The minimum absolute atomic E-state index is 0.152. The zero-order valence-corrected chi connectivity index (χ0v) is 14.6. The highest BCUT2D eigenvalue weighted by Gasteiger charge is 2.29. The summed E-state index contributed by atoms with van der Waals surface area (Å²) in [6.45, 7) is 5.81. The first kappa shape index (κ1) is 18.5. The predicted molar refractivity (Wildman–Crippen MR) is 88.9 cm³/mol. The molecule has 0 saturated carbocycles. The first-order chi connectivity index (χ1) is 11.6. The van der Waals surface area contributed by atoms with Crippen molar-refractivity contribution in [2.24, 2.45) is 0 Å². The van der Waals surface area contributed by atoms with Gasteiger partial charge >= 0.3 is 0 Å². The highest BCUT2D eigenvalue weighted by Crippen LogP contribution is 2.36. The molecule has 0 bridgehead atoms. The maximum absolute atomic E-state index is 12.6. The molecule has 9 heteroatoms. The van der Waals surface area contributed by atoms with Crippen LogP contribution in [0.15, 0.2) is 12.1 Å². The number of hydrogen-bond donors (Lipinski definition) is 1. The van der Waals surface area contributed by atoms with Crippen molar-refractivity contribution in [2.75, 3.05) is 26.8 Å². The van der Waals surface area contributed by atoms with Gasteiger partial charge in [-0.2, -0.15) is 0 Å². The lowest BCUT2D eigenvalue weighted by Gasteiger charge is -2.24. The van der Waals surface area contributed by atoms with Crippen LogP contribution in [0, 0.1) is 10.1 Å². The summed E-state index contributed by atoms with van der Waals surface area (Å²) in [5, 5.41) is 14.0. The second-order valence-electron chi connectivity index (χ2n) is 6.73. The van der Waals surface area contributed by atoms with Crippen molar-refractivity contribution in [2.45, 2.75) is 26.3 Å². The molecule has 1 aliphatic rings. The molecule has 0 fully saturated rings. The predicted octanol–water partition coefficient (Wildman–Crippen LogP) is 1.35. The van der Waals surface area contributed by atoms with Gasteiger partial charge in [-0.3, -0.25) is 19.7 Å². The Morgan fingerprint density at radius 3 is 2.32 bits per heavy atom. The maximum atomic E-state index is 12.6. The van der Waals surface area contributed by atoms with Crippen LogP contribution >= 0.6 is 0 Å². The van der Waals surface area contributed by atoms with Gasteiger partial charge in [0.15, 0.2) is 11.5 Å². The van der Waals surface area contributed by atoms with E-state index in [-0.39, 0.29) is 36.1 Å². The fraction of sp³-hybridized carbons (Fsp3) is 0.500. The molecular weight excluding hydrogens is 330 g/mol. The Labute approximate surface area is 145 Å². The lowest BCUT2D eigenvalue weighted by Crippen LogP contribution is -2.46. The summed E-state index contributed by atoms with van der Waals surface area (Å²) in [7, 11) is 1.41. The van der Waals surface area contributed by atoms with Crippen molar-refractivity contribution in [1.82, 2.24) is 10.2 Å². The largest absolute Gasteiger partial charge is 0.486 e. The Morgan fingerprint density at radius 2 is 1.80 bits per heavy atom. The van der Waals surface area contributed by atoms with E-state index >= 15 is 0 Å². The molecule has 1 aromatic rings. The Kier molecular flexibility index (Phi) is 5.15. The third-order valence-corrected chi connectivity index (χ3v) is 3.33. The van der Waals surface area contributed by atoms with Gasteiger partial charge in [0.25, 0.3) is 11.6 Å². The molecule has 0 aliphatic carbocycles. The van der Waals surface area contributed by atoms with Crippen LogP contribution in [-0.2, 0) is 4.79 Å². The van der Waals surface area contributed by atoms with Gasteiger partial charge in [0, 0.05) is 18.7 Å². The van der Waals surface area contributed by atoms with Crippen molar-refractivity contribution in [1.29, 1.82) is 0 Å². The fourth-order valence-electron chi connectivity index (χ4n) is 2.35. The van der Waals surface area contributed by atoms with Crippen LogP contribution in [0.3, 0.4) is 0 Å². The number of nitro groups is 1. The Balaban J connectivity index is 2.25. The number of rotatable bonds is 4. The summed E-state index contributed by atoms with van der Waals surface area (Å²) in [6, 6.07) is 2.46. The van der Waals surface area contributed by atoms with E-state index in [0.717, 1.165) is 4.90 Å². The van der Waals surface area contributed by atoms with E-state index in [1.54, 1.807) is 0 Å². The molecule has 1 N–H and O–H groups in total. The summed E-state index contributed by atoms with van der Waals surface area (Å²) >= 11 is 0. The quantitative estimate of drug-likeness (QED) is 0.647. The summed E-state index contributed by atoms with van der Waals surface area (Å²) < 4.78 is 10.7. The van der Waals surface area contributed by atoms with Crippen LogP contribution in [-0.4, -0.2) is 54.0 Å². The average Bonchev–Trinajstić information content (AvgIpc) is 2.50. The Hall–Kier alpha value is -2.84. The molecule has 0 saturated heterocycles. The Bertz CT molecular complexity index is 711. The molecule has 136 valence electrons. The van der Waals surface area contributed by atoms with Crippen molar-refractivity contribution in [3.05, 3.63) is 27.8 Å². The summed E-state index contributed by atoms with van der Waals surface area (Å²) in [6.07, 6.45) is 0. The summed E-state index contributed by atoms with van der Waals surface area (Å²) in [4.78, 5) is 36.3. The monoisotopic (exact) mass is 351 g/mol. The van der Waals surface area contributed by atoms with E-state index < -0.39 is 22.1 Å². The minimum Gasteiger partial charge on any atom is -0.486 e. The lowest BCUT2D eigenvalue weighted by molar-refractivity contribution is -0.385. The molecule has 2 amide bonds. The number of amides is 2. The number of nitrogens with one attached hydrogen (secondary N) is 1. The highest BCUT2D eigenvalue weighted by molar-refractivity contribution is 6.00. The van der Waals surface area contributed by atoms with Crippen molar-refractivity contribution in [3.8, 4) is 11.5 Å². The molecule has 0 unspecified atom stereocenters. The third kappa shape index (κ3) is 4.59. The highest BCUT2D eigenvalue weighted by atomic mass is 16.6. The number of nitrogens with zero attached hydrogens (tertiary/aromatic N) is 2. The molecule has 25 heavy (non-hydrogen) atoms. The number of ether oxygens (including phenoxy) is 2. The van der Waals surface area contributed by atoms with Gasteiger partial charge in [-0.15, -0.1) is 0 Å². The van der Waals surface area contributed by atoms with Crippen LogP contribution in [0.4, 0.5) is 5.69 Å². The van der Waals surface area contributed by atoms with Crippen molar-refractivity contribution < 1.29 is 24.0 Å². The normalized spacial score (nSPS) is 13.1.